The zero-order valence-corrected chi connectivity index (χ0v) is 10.9. The van der Waals surface area contributed by atoms with E-state index in [-0.39, 0.29) is 23.3 Å². The number of rotatable bonds is 2. The van der Waals surface area contributed by atoms with Crippen LogP contribution in [0.25, 0.3) is 0 Å². The van der Waals surface area contributed by atoms with Crippen molar-refractivity contribution < 1.29 is 9.90 Å². The molecule has 0 spiro atoms. The average Bonchev–Trinajstić information content (AvgIpc) is 2.27. The van der Waals surface area contributed by atoms with Crippen LogP contribution in [0.1, 0.15) is 33.1 Å². The Kier molecular flexibility index (Phi) is 3.46. The molecule has 0 aromatic heterocycles. The number of aliphatic hydroxyl groups excluding tert-OH is 1. The second-order valence-electron chi connectivity index (χ2n) is 6.08. The minimum absolute atomic E-state index is 0.181. The Morgan fingerprint density at radius 1 is 1.47 bits per heavy atom. The van der Waals surface area contributed by atoms with Gasteiger partial charge in [0, 0.05) is 19.6 Å². The lowest BCUT2D eigenvalue weighted by molar-refractivity contribution is -0.153. The van der Waals surface area contributed by atoms with Gasteiger partial charge in [0.15, 0.2) is 0 Å². The Morgan fingerprint density at radius 3 is 2.59 bits per heavy atom. The van der Waals surface area contributed by atoms with Gasteiger partial charge in [-0.3, -0.25) is 4.79 Å². The van der Waals surface area contributed by atoms with Crippen LogP contribution in [0, 0.1) is 17.3 Å². The first-order valence-corrected chi connectivity index (χ1v) is 6.66. The fraction of sp³-hybridized carbons (Fsp3) is 0.923. The lowest BCUT2D eigenvalue weighted by Gasteiger charge is -2.48. The molecule has 2 rings (SSSR count). The van der Waals surface area contributed by atoms with Crippen LogP contribution in [0.5, 0.6) is 0 Å². The van der Waals surface area contributed by atoms with Gasteiger partial charge in [-0.25, -0.2) is 0 Å². The van der Waals surface area contributed by atoms with Crippen molar-refractivity contribution in [3.05, 3.63) is 0 Å². The maximum absolute atomic E-state index is 12.5. The van der Waals surface area contributed by atoms with Crippen molar-refractivity contribution >= 4 is 5.91 Å². The summed E-state index contributed by atoms with van der Waals surface area (Å²) >= 11 is 0. The number of hydrogen-bond acceptors (Lipinski definition) is 3. The summed E-state index contributed by atoms with van der Waals surface area (Å²) in [7, 11) is 0. The van der Waals surface area contributed by atoms with Crippen LogP contribution >= 0.6 is 0 Å². The van der Waals surface area contributed by atoms with Crippen LogP contribution < -0.4 is 5.73 Å². The van der Waals surface area contributed by atoms with Gasteiger partial charge in [0.2, 0.25) is 5.91 Å². The first kappa shape index (κ1) is 12.8. The van der Waals surface area contributed by atoms with Crippen molar-refractivity contribution in [1.29, 1.82) is 0 Å². The van der Waals surface area contributed by atoms with Gasteiger partial charge in [-0.2, -0.15) is 0 Å². The Morgan fingerprint density at radius 2 is 2.12 bits per heavy atom. The molecule has 98 valence electrons. The zero-order valence-electron chi connectivity index (χ0n) is 10.9. The largest absolute Gasteiger partial charge is 0.393 e. The average molecular weight is 240 g/mol. The molecule has 2 aliphatic rings. The highest BCUT2D eigenvalue weighted by molar-refractivity contribution is 5.84. The Labute approximate surface area is 103 Å². The molecular weight excluding hydrogens is 216 g/mol. The van der Waals surface area contributed by atoms with Crippen LogP contribution in [-0.4, -0.2) is 41.7 Å². The molecule has 2 atom stereocenters. The maximum atomic E-state index is 12.5. The van der Waals surface area contributed by atoms with Gasteiger partial charge < -0.3 is 15.7 Å². The lowest BCUT2D eigenvalue weighted by atomic mass is 9.61. The summed E-state index contributed by atoms with van der Waals surface area (Å²) in [5.74, 6) is 1.02. The van der Waals surface area contributed by atoms with Crippen molar-refractivity contribution in [3.8, 4) is 0 Å². The molecular formula is C13H24N2O2. The van der Waals surface area contributed by atoms with Gasteiger partial charge >= 0.3 is 0 Å². The molecule has 1 saturated heterocycles. The summed E-state index contributed by atoms with van der Waals surface area (Å²) in [6.45, 7) is 5.99. The number of nitrogens with zero attached hydrogens (tertiary/aromatic N) is 1. The normalized spacial score (nSPS) is 42.1. The molecule has 0 radical (unpaired) electrons. The van der Waals surface area contributed by atoms with Crippen molar-refractivity contribution in [2.24, 2.45) is 23.0 Å². The quantitative estimate of drug-likeness (QED) is 0.742. The van der Waals surface area contributed by atoms with E-state index in [0.717, 1.165) is 12.8 Å². The molecule has 4 heteroatoms. The minimum Gasteiger partial charge on any atom is -0.393 e. The monoisotopic (exact) mass is 240 g/mol. The van der Waals surface area contributed by atoms with E-state index < -0.39 is 0 Å². The number of aliphatic hydroxyl groups is 1. The number of carbonyl (C=O) groups is 1. The third-order valence-corrected chi connectivity index (χ3v) is 4.47. The Bertz CT molecular complexity index is 300. The molecule has 1 aliphatic carbocycles. The second kappa shape index (κ2) is 4.58. The Hall–Kier alpha value is -0.610. The predicted octanol–water partition coefficient (Wildman–Crippen LogP) is 0.591. The van der Waals surface area contributed by atoms with Crippen molar-refractivity contribution in [1.82, 2.24) is 4.90 Å². The number of piperidine rings is 1. The van der Waals surface area contributed by atoms with Crippen LogP contribution in [0.15, 0.2) is 0 Å². The Balaban J connectivity index is 2.00. The molecule has 2 unspecified atom stereocenters. The van der Waals surface area contributed by atoms with E-state index >= 15 is 0 Å². The highest BCUT2D eigenvalue weighted by Crippen LogP contribution is 2.46. The topological polar surface area (TPSA) is 66.6 Å². The number of carbonyl (C=O) groups excluding carboxylic acids is 1. The van der Waals surface area contributed by atoms with Crippen LogP contribution in [0.2, 0.25) is 0 Å². The number of hydrogen-bond donors (Lipinski definition) is 2. The summed E-state index contributed by atoms with van der Waals surface area (Å²) in [4.78, 5) is 14.4. The number of likely N-dealkylation sites (tertiary alicyclic amines) is 1. The first-order chi connectivity index (χ1) is 7.98. The molecule has 0 bridgehead atoms. The smallest absolute Gasteiger partial charge is 0.230 e. The summed E-state index contributed by atoms with van der Waals surface area (Å²) in [6.07, 6.45) is 2.29. The summed E-state index contributed by atoms with van der Waals surface area (Å²) < 4.78 is 0. The summed E-state index contributed by atoms with van der Waals surface area (Å²) in [5.41, 5.74) is 5.51. The first-order valence-electron chi connectivity index (χ1n) is 6.66. The van der Waals surface area contributed by atoms with E-state index in [1.807, 2.05) is 11.8 Å². The highest BCUT2D eigenvalue weighted by Gasteiger charge is 2.49. The fourth-order valence-corrected chi connectivity index (χ4v) is 3.36. The molecule has 0 aromatic rings. The van der Waals surface area contributed by atoms with E-state index in [9.17, 15) is 9.90 Å². The van der Waals surface area contributed by atoms with E-state index in [1.165, 1.54) is 0 Å². The van der Waals surface area contributed by atoms with Crippen molar-refractivity contribution in [2.45, 2.75) is 39.2 Å². The van der Waals surface area contributed by atoms with Gasteiger partial charge in [0.05, 0.1) is 11.5 Å². The lowest BCUT2D eigenvalue weighted by Crippen LogP contribution is -2.57. The molecule has 1 saturated carbocycles. The fourth-order valence-electron chi connectivity index (χ4n) is 3.36. The molecule has 2 fully saturated rings. The van der Waals surface area contributed by atoms with Gasteiger partial charge in [-0.15, -0.1) is 0 Å². The van der Waals surface area contributed by atoms with Crippen molar-refractivity contribution in [3.63, 3.8) is 0 Å². The van der Waals surface area contributed by atoms with Crippen LogP contribution in [-0.2, 0) is 4.79 Å². The summed E-state index contributed by atoms with van der Waals surface area (Å²) in [5, 5.41) is 9.69. The maximum Gasteiger partial charge on any atom is 0.230 e. The van der Waals surface area contributed by atoms with E-state index in [2.05, 4.69) is 6.92 Å². The number of amides is 1. The van der Waals surface area contributed by atoms with E-state index in [4.69, 9.17) is 5.73 Å². The summed E-state index contributed by atoms with van der Waals surface area (Å²) in [6, 6.07) is 0. The third-order valence-electron chi connectivity index (χ3n) is 4.47. The number of nitrogens with two attached hydrogens (primary N) is 1. The highest BCUT2D eigenvalue weighted by atomic mass is 16.3. The van der Waals surface area contributed by atoms with Crippen LogP contribution in [0.3, 0.4) is 0 Å². The van der Waals surface area contributed by atoms with Gasteiger partial charge in [-0.1, -0.05) is 13.8 Å². The zero-order chi connectivity index (χ0) is 12.6. The second-order valence-corrected chi connectivity index (χ2v) is 6.08. The van der Waals surface area contributed by atoms with Crippen LogP contribution in [0.4, 0.5) is 0 Å². The molecule has 0 aromatic carbocycles. The molecule has 17 heavy (non-hydrogen) atoms. The minimum atomic E-state index is -0.290. The van der Waals surface area contributed by atoms with E-state index in [0.29, 0.717) is 32.0 Å². The molecule has 1 aliphatic heterocycles. The van der Waals surface area contributed by atoms with Crippen molar-refractivity contribution in [2.75, 3.05) is 19.6 Å². The molecule has 1 heterocycles. The third kappa shape index (κ3) is 2.20. The molecule has 4 nitrogen and oxygen atoms in total. The van der Waals surface area contributed by atoms with E-state index in [1.54, 1.807) is 0 Å². The molecule has 1 amide bonds. The molecule has 3 N–H and O–H groups in total. The standard InChI is InChI=1S/C13H24N2O2/c1-9-5-13(6-9,8-14)12(17)15-4-3-11(16)10(2)7-15/h9-11,16H,3-8,14H2,1-2H3. The van der Waals surface area contributed by atoms with Gasteiger partial charge in [0.25, 0.3) is 0 Å². The SMILES string of the molecule is CC1CC(CN)(C(=O)N2CCC(O)C(C)C2)C1. The predicted molar refractivity (Wildman–Crippen MR) is 66.3 cm³/mol. The van der Waals surface area contributed by atoms with Gasteiger partial charge in [0.1, 0.15) is 0 Å². The van der Waals surface area contributed by atoms with Gasteiger partial charge in [-0.05, 0) is 31.1 Å².